The Balaban J connectivity index is 2.84. The van der Waals surface area contributed by atoms with E-state index in [1.165, 1.54) is 19.9 Å². The molecule has 0 radical (unpaired) electrons. The van der Waals surface area contributed by atoms with Crippen molar-refractivity contribution in [2.75, 3.05) is 13.0 Å². The highest BCUT2D eigenvalue weighted by Gasteiger charge is 2.78. The molecular formula is C14H18ClNO6. The number of fused-ring (bicyclic) bond motifs is 2. The molecule has 0 aromatic rings. The molecule has 1 N–H and O–H groups in total. The van der Waals surface area contributed by atoms with Crippen molar-refractivity contribution >= 4 is 23.4 Å². The molecule has 0 amide bonds. The van der Waals surface area contributed by atoms with Gasteiger partial charge in [0, 0.05) is 4.92 Å². The van der Waals surface area contributed by atoms with Crippen molar-refractivity contribution < 1.29 is 24.4 Å². The van der Waals surface area contributed by atoms with Crippen molar-refractivity contribution in [3.63, 3.8) is 0 Å². The van der Waals surface area contributed by atoms with E-state index in [2.05, 4.69) is 0 Å². The molecule has 2 bridgehead atoms. The fourth-order valence-electron chi connectivity index (χ4n) is 4.14. The van der Waals surface area contributed by atoms with Crippen LogP contribution in [0.3, 0.4) is 0 Å². The summed E-state index contributed by atoms with van der Waals surface area (Å²) in [4.78, 5) is 36.2. The summed E-state index contributed by atoms with van der Waals surface area (Å²) in [6.07, 6.45) is 1.53. The third-order valence-corrected chi connectivity index (χ3v) is 5.82. The molecule has 0 unspecified atom stereocenters. The first-order chi connectivity index (χ1) is 10.0. The molecule has 0 spiro atoms. The number of methoxy groups -OCH3 is 1. The van der Waals surface area contributed by atoms with Gasteiger partial charge in [0.1, 0.15) is 5.41 Å². The number of ketones is 1. The number of carbonyl (C=O) groups excluding carboxylic acids is 2. The van der Waals surface area contributed by atoms with Gasteiger partial charge in [-0.15, -0.1) is 11.6 Å². The second-order valence-electron chi connectivity index (χ2n) is 6.38. The van der Waals surface area contributed by atoms with E-state index in [9.17, 15) is 24.8 Å². The van der Waals surface area contributed by atoms with Gasteiger partial charge >= 0.3 is 5.97 Å². The number of alkyl halides is 1. The van der Waals surface area contributed by atoms with Crippen LogP contribution in [0.25, 0.3) is 0 Å². The van der Waals surface area contributed by atoms with Gasteiger partial charge in [-0.3, -0.25) is 19.7 Å². The van der Waals surface area contributed by atoms with Crippen LogP contribution in [-0.4, -0.2) is 46.4 Å². The fraction of sp³-hybridized carbons (Fsp3) is 0.714. The van der Waals surface area contributed by atoms with Crippen LogP contribution in [0.5, 0.6) is 0 Å². The number of halogens is 1. The van der Waals surface area contributed by atoms with E-state index in [4.69, 9.17) is 16.3 Å². The molecule has 1 fully saturated rings. The predicted octanol–water partition coefficient (Wildman–Crippen LogP) is 0.946. The lowest BCUT2D eigenvalue weighted by atomic mass is 9.43. The zero-order chi connectivity index (χ0) is 17.1. The first-order valence-electron chi connectivity index (χ1n) is 6.77. The van der Waals surface area contributed by atoms with Crippen LogP contribution < -0.4 is 0 Å². The van der Waals surface area contributed by atoms with Crippen molar-refractivity contribution in [2.45, 2.75) is 32.4 Å². The molecule has 3 aliphatic rings. The maximum atomic E-state index is 12.8. The van der Waals surface area contributed by atoms with Crippen LogP contribution in [0, 0.1) is 26.9 Å². The number of Topliss-reactive ketones (excluding diaryl/α,β-unsaturated/α-hetero) is 1. The monoisotopic (exact) mass is 331 g/mol. The van der Waals surface area contributed by atoms with Gasteiger partial charge in [0.05, 0.1) is 24.3 Å². The second kappa shape index (κ2) is 4.76. The van der Waals surface area contributed by atoms with Crippen molar-refractivity contribution in [1.82, 2.24) is 0 Å². The molecule has 122 valence electrons. The van der Waals surface area contributed by atoms with Crippen LogP contribution in [0.4, 0.5) is 0 Å². The van der Waals surface area contributed by atoms with Gasteiger partial charge in [-0.05, 0) is 20.8 Å². The smallest absolute Gasteiger partial charge is 0.319 e. The molecule has 0 aromatic carbocycles. The zero-order valence-electron chi connectivity index (χ0n) is 12.8. The minimum absolute atomic E-state index is 0.473. The van der Waals surface area contributed by atoms with Gasteiger partial charge in [0.25, 0.3) is 0 Å². The van der Waals surface area contributed by atoms with E-state index in [0.717, 1.165) is 7.11 Å². The van der Waals surface area contributed by atoms with Gasteiger partial charge in [0.15, 0.2) is 11.4 Å². The fourth-order valence-corrected chi connectivity index (χ4v) is 4.42. The predicted molar refractivity (Wildman–Crippen MR) is 76.9 cm³/mol. The minimum atomic E-state index is -2.07. The largest absolute Gasteiger partial charge is 0.468 e. The van der Waals surface area contributed by atoms with E-state index >= 15 is 0 Å². The highest BCUT2D eigenvalue weighted by molar-refractivity contribution is 6.21. The number of hydrogen-bond acceptors (Lipinski definition) is 6. The molecule has 3 rings (SSSR count). The number of allylic oxidation sites excluding steroid dienone is 1. The third kappa shape index (κ3) is 1.61. The Morgan fingerprint density at radius 1 is 1.55 bits per heavy atom. The summed E-state index contributed by atoms with van der Waals surface area (Å²) in [5.74, 6) is -3.18. The van der Waals surface area contributed by atoms with Gasteiger partial charge in [-0.2, -0.15) is 0 Å². The van der Waals surface area contributed by atoms with E-state index in [-0.39, 0.29) is 0 Å². The molecule has 5 atom stereocenters. The van der Waals surface area contributed by atoms with Gasteiger partial charge in [0.2, 0.25) is 6.04 Å². The number of ether oxygens (including phenoxy) is 1. The van der Waals surface area contributed by atoms with E-state index < -0.39 is 50.9 Å². The van der Waals surface area contributed by atoms with Crippen LogP contribution in [0.15, 0.2) is 11.6 Å². The average Bonchev–Trinajstić information content (AvgIpc) is 2.46. The van der Waals surface area contributed by atoms with E-state index in [0.29, 0.717) is 5.57 Å². The highest BCUT2D eigenvalue weighted by Crippen LogP contribution is 2.61. The molecule has 0 aromatic heterocycles. The van der Waals surface area contributed by atoms with Gasteiger partial charge in [-0.1, -0.05) is 11.6 Å². The topological polar surface area (TPSA) is 107 Å². The second-order valence-corrected chi connectivity index (χ2v) is 6.65. The van der Waals surface area contributed by atoms with E-state index in [1.54, 1.807) is 6.92 Å². The van der Waals surface area contributed by atoms with E-state index in [1.807, 2.05) is 0 Å². The number of carbonyl (C=O) groups is 2. The quantitative estimate of drug-likeness (QED) is 0.271. The van der Waals surface area contributed by atoms with Crippen molar-refractivity contribution in [1.29, 1.82) is 0 Å². The Kier molecular flexibility index (Phi) is 3.66. The lowest BCUT2D eigenvalue weighted by molar-refractivity contribution is -0.557. The summed E-state index contributed by atoms with van der Waals surface area (Å²) in [5, 5.41) is 22.4. The number of esters is 1. The van der Waals surface area contributed by atoms with Crippen molar-refractivity contribution in [3.8, 4) is 0 Å². The first-order valence-corrected chi connectivity index (χ1v) is 7.30. The molecule has 1 saturated carbocycles. The van der Waals surface area contributed by atoms with Crippen molar-refractivity contribution in [3.05, 3.63) is 21.8 Å². The summed E-state index contributed by atoms with van der Waals surface area (Å²) < 4.78 is 4.74. The normalized spacial score (nSPS) is 43.7. The lowest BCUT2D eigenvalue weighted by Gasteiger charge is -2.58. The Morgan fingerprint density at radius 3 is 2.50 bits per heavy atom. The average molecular weight is 332 g/mol. The molecule has 7 nitrogen and oxygen atoms in total. The molecule has 0 saturated heterocycles. The summed E-state index contributed by atoms with van der Waals surface area (Å²) in [6, 6.07) is -1.50. The summed E-state index contributed by atoms with van der Waals surface area (Å²) in [6.45, 7) is 4.35. The number of aliphatic hydroxyl groups is 1. The summed E-state index contributed by atoms with van der Waals surface area (Å²) >= 11 is 5.78. The Hall–Kier alpha value is -1.47. The Bertz CT molecular complexity index is 604. The number of nitro groups is 1. The molecule has 0 aliphatic heterocycles. The number of hydrogen-bond donors (Lipinski definition) is 1. The van der Waals surface area contributed by atoms with Gasteiger partial charge < -0.3 is 9.84 Å². The number of rotatable bonds is 3. The molecular weight excluding hydrogens is 314 g/mol. The first kappa shape index (κ1) is 16.9. The number of nitrogens with zero attached hydrogens (tertiary/aromatic N) is 1. The van der Waals surface area contributed by atoms with Crippen LogP contribution in [0.2, 0.25) is 0 Å². The van der Waals surface area contributed by atoms with Gasteiger partial charge in [-0.25, -0.2) is 0 Å². The third-order valence-electron chi connectivity index (χ3n) is 5.41. The van der Waals surface area contributed by atoms with Crippen LogP contribution >= 0.6 is 11.6 Å². The maximum Gasteiger partial charge on any atom is 0.319 e. The highest BCUT2D eigenvalue weighted by atomic mass is 35.5. The molecule has 8 heteroatoms. The molecule has 22 heavy (non-hydrogen) atoms. The Labute approximate surface area is 132 Å². The van der Waals surface area contributed by atoms with Crippen LogP contribution in [-0.2, 0) is 14.3 Å². The van der Waals surface area contributed by atoms with Crippen molar-refractivity contribution in [2.24, 2.45) is 16.7 Å². The Morgan fingerprint density at radius 2 is 2.09 bits per heavy atom. The summed E-state index contributed by atoms with van der Waals surface area (Å²) in [7, 11) is 1.12. The minimum Gasteiger partial charge on any atom is -0.468 e. The molecule has 3 aliphatic carbocycles. The zero-order valence-corrected chi connectivity index (χ0v) is 13.5. The SMILES string of the molecule is COC(=O)[C@]1(C)[C@@H]([N+](=O)[O-])[C@H]2C(C)=C[C@]1(C)C(=O)[C@]2(O)CCl. The summed E-state index contributed by atoms with van der Waals surface area (Å²) in [5.41, 5.74) is -4.88. The lowest BCUT2D eigenvalue weighted by Crippen LogP contribution is -2.76. The molecule has 0 heterocycles. The maximum absolute atomic E-state index is 12.8. The van der Waals surface area contributed by atoms with Crippen LogP contribution in [0.1, 0.15) is 20.8 Å². The standard InChI is InChI=1S/C14H18ClNO6/c1-7-5-12(2)10(17)14(19,6-15)8(7)9(16(20)21)13(12,3)11(18)22-4/h5,8-9,19H,6H2,1-4H3/t8-,9+,12-,13+,14+/m1/s1.